The average molecular weight is 223 g/mol. The van der Waals surface area contributed by atoms with Crippen molar-refractivity contribution in [1.29, 1.82) is 0 Å². The van der Waals surface area contributed by atoms with E-state index in [0.29, 0.717) is 5.88 Å². The first-order chi connectivity index (χ1) is 7.38. The van der Waals surface area contributed by atoms with E-state index in [1.807, 2.05) is 0 Å². The van der Waals surface area contributed by atoms with Gasteiger partial charge in [-0.2, -0.15) is 0 Å². The first-order valence-corrected chi connectivity index (χ1v) is 6.56. The lowest BCUT2D eigenvalue weighted by Gasteiger charge is -2.08. The maximum atomic E-state index is 5.76. The predicted octanol–water partition coefficient (Wildman–Crippen LogP) is 4.55. The second-order valence-corrected chi connectivity index (χ2v) is 4.91. The SMILES string of the molecule is ClCc1ccc(CCC2CCCC2)cc1. The van der Waals surface area contributed by atoms with E-state index in [2.05, 4.69) is 24.3 Å². The van der Waals surface area contributed by atoms with E-state index >= 15 is 0 Å². The largest absolute Gasteiger partial charge is 0.122 e. The molecular weight excluding hydrogens is 204 g/mol. The lowest BCUT2D eigenvalue weighted by atomic mass is 9.98. The van der Waals surface area contributed by atoms with E-state index in [4.69, 9.17) is 11.6 Å². The van der Waals surface area contributed by atoms with Crippen molar-refractivity contribution in [3.8, 4) is 0 Å². The fourth-order valence-corrected chi connectivity index (χ4v) is 2.64. The van der Waals surface area contributed by atoms with Crippen molar-refractivity contribution < 1.29 is 0 Å². The quantitative estimate of drug-likeness (QED) is 0.656. The Morgan fingerprint density at radius 3 is 2.20 bits per heavy atom. The van der Waals surface area contributed by atoms with E-state index < -0.39 is 0 Å². The molecule has 0 heterocycles. The Balaban J connectivity index is 1.82. The van der Waals surface area contributed by atoms with Gasteiger partial charge < -0.3 is 0 Å². The Morgan fingerprint density at radius 1 is 1.00 bits per heavy atom. The van der Waals surface area contributed by atoms with Crippen molar-refractivity contribution in [1.82, 2.24) is 0 Å². The Labute approximate surface area is 97.6 Å². The number of hydrogen-bond donors (Lipinski definition) is 0. The molecule has 82 valence electrons. The zero-order chi connectivity index (χ0) is 10.5. The van der Waals surface area contributed by atoms with Gasteiger partial charge in [-0.15, -0.1) is 11.6 Å². The highest BCUT2D eigenvalue weighted by Crippen LogP contribution is 2.28. The van der Waals surface area contributed by atoms with Crippen LogP contribution in [0.5, 0.6) is 0 Å². The van der Waals surface area contributed by atoms with Crippen molar-refractivity contribution in [3.05, 3.63) is 35.4 Å². The minimum atomic E-state index is 0.628. The van der Waals surface area contributed by atoms with Gasteiger partial charge in [0.05, 0.1) is 0 Å². The summed E-state index contributed by atoms with van der Waals surface area (Å²) in [5.74, 6) is 1.63. The number of aryl methyl sites for hydroxylation is 1. The Hall–Kier alpha value is -0.490. The second kappa shape index (κ2) is 5.55. The average Bonchev–Trinajstić information content (AvgIpc) is 2.80. The highest BCUT2D eigenvalue weighted by atomic mass is 35.5. The molecule has 2 rings (SSSR count). The van der Waals surface area contributed by atoms with Crippen LogP contribution in [0, 0.1) is 5.92 Å². The molecule has 0 amide bonds. The Kier molecular flexibility index (Phi) is 4.08. The molecule has 1 fully saturated rings. The Bertz CT molecular complexity index is 283. The van der Waals surface area contributed by atoms with Crippen LogP contribution in [0.25, 0.3) is 0 Å². The van der Waals surface area contributed by atoms with Crippen molar-refractivity contribution >= 4 is 11.6 Å². The van der Waals surface area contributed by atoms with Crippen LogP contribution in [0.2, 0.25) is 0 Å². The summed E-state index contributed by atoms with van der Waals surface area (Å²) >= 11 is 5.76. The summed E-state index contributed by atoms with van der Waals surface area (Å²) in [4.78, 5) is 0. The molecule has 0 aromatic heterocycles. The molecule has 0 N–H and O–H groups in total. The van der Waals surface area contributed by atoms with Crippen molar-refractivity contribution in [2.45, 2.75) is 44.4 Å². The van der Waals surface area contributed by atoms with Gasteiger partial charge in [-0.3, -0.25) is 0 Å². The predicted molar refractivity (Wildman–Crippen MR) is 66.3 cm³/mol. The van der Waals surface area contributed by atoms with Gasteiger partial charge >= 0.3 is 0 Å². The van der Waals surface area contributed by atoms with Crippen LogP contribution in [0.3, 0.4) is 0 Å². The molecule has 0 spiro atoms. The van der Waals surface area contributed by atoms with Crippen molar-refractivity contribution in [2.24, 2.45) is 5.92 Å². The lowest BCUT2D eigenvalue weighted by Crippen LogP contribution is -1.96. The molecule has 0 radical (unpaired) electrons. The van der Waals surface area contributed by atoms with Gasteiger partial charge in [-0.05, 0) is 29.9 Å². The van der Waals surface area contributed by atoms with Crippen LogP contribution in [0.4, 0.5) is 0 Å². The molecule has 1 aliphatic carbocycles. The molecule has 1 saturated carbocycles. The van der Waals surface area contributed by atoms with Crippen LogP contribution in [0.15, 0.2) is 24.3 Å². The fraction of sp³-hybridized carbons (Fsp3) is 0.571. The molecule has 0 saturated heterocycles. The van der Waals surface area contributed by atoms with Gasteiger partial charge in [0, 0.05) is 5.88 Å². The summed E-state index contributed by atoms with van der Waals surface area (Å²) in [5, 5.41) is 0. The third-order valence-electron chi connectivity index (χ3n) is 3.49. The molecular formula is C14H19Cl. The van der Waals surface area contributed by atoms with E-state index in [9.17, 15) is 0 Å². The second-order valence-electron chi connectivity index (χ2n) is 4.64. The minimum Gasteiger partial charge on any atom is -0.122 e. The zero-order valence-corrected chi connectivity index (χ0v) is 9.97. The molecule has 15 heavy (non-hydrogen) atoms. The number of hydrogen-bond acceptors (Lipinski definition) is 0. The molecule has 1 heteroatoms. The topological polar surface area (TPSA) is 0 Å². The van der Waals surface area contributed by atoms with Gasteiger partial charge in [0.1, 0.15) is 0 Å². The highest BCUT2D eigenvalue weighted by Gasteiger charge is 2.14. The summed E-state index contributed by atoms with van der Waals surface area (Å²) in [6.45, 7) is 0. The highest BCUT2D eigenvalue weighted by molar-refractivity contribution is 6.17. The van der Waals surface area contributed by atoms with E-state index in [-0.39, 0.29) is 0 Å². The summed E-state index contributed by atoms with van der Waals surface area (Å²) in [7, 11) is 0. The monoisotopic (exact) mass is 222 g/mol. The van der Waals surface area contributed by atoms with Gasteiger partial charge in [0.25, 0.3) is 0 Å². The normalized spacial score (nSPS) is 17.1. The summed E-state index contributed by atoms with van der Waals surface area (Å²) in [6, 6.07) is 8.76. The van der Waals surface area contributed by atoms with Crippen molar-refractivity contribution in [2.75, 3.05) is 0 Å². The molecule has 0 aliphatic heterocycles. The van der Waals surface area contributed by atoms with Gasteiger partial charge in [-0.1, -0.05) is 49.9 Å². The first kappa shape index (κ1) is 11.0. The molecule has 0 unspecified atom stereocenters. The standard InChI is InChI=1S/C14H19Cl/c15-11-14-9-7-13(8-10-14)6-5-12-3-1-2-4-12/h7-10,12H,1-6,11H2. The smallest absolute Gasteiger partial charge is 0.0474 e. The maximum Gasteiger partial charge on any atom is 0.0474 e. The number of alkyl halides is 1. The van der Waals surface area contributed by atoms with Crippen LogP contribution in [-0.2, 0) is 12.3 Å². The van der Waals surface area contributed by atoms with Gasteiger partial charge in [0.15, 0.2) is 0 Å². The van der Waals surface area contributed by atoms with Crippen molar-refractivity contribution in [3.63, 3.8) is 0 Å². The molecule has 1 aromatic carbocycles. The minimum absolute atomic E-state index is 0.628. The fourth-order valence-electron chi connectivity index (χ4n) is 2.46. The number of rotatable bonds is 4. The van der Waals surface area contributed by atoms with Crippen LogP contribution >= 0.6 is 11.6 Å². The van der Waals surface area contributed by atoms with Crippen LogP contribution in [-0.4, -0.2) is 0 Å². The Morgan fingerprint density at radius 2 is 1.60 bits per heavy atom. The summed E-state index contributed by atoms with van der Waals surface area (Å²) in [6.07, 6.45) is 8.44. The number of halogens is 1. The zero-order valence-electron chi connectivity index (χ0n) is 9.21. The van der Waals surface area contributed by atoms with E-state index in [1.165, 1.54) is 49.7 Å². The van der Waals surface area contributed by atoms with E-state index in [0.717, 1.165) is 5.92 Å². The summed E-state index contributed by atoms with van der Waals surface area (Å²) < 4.78 is 0. The first-order valence-electron chi connectivity index (χ1n) is 6.02. The molecule has 0 bridgehead atoms. The molecule has 0 atom stereocenters. The lowest BCUT2D eigenvalue weighted by molar-refractivity contribution is 0.504. The van der Waals surface area contributed by atoms with Crippen LogP contribution in [0.1, 0.15) is 43.2 Å². The summed E-state index contributed by atoms with van der Waals surface area (Å²) in [5.41, 5.74) is 2.69. The van der Waals surface area contributed by atoms with Crippen LogP contribution < -0.4 is 0 Å². The number of benzene rings is 1. The third-order valence-corrected chi connectivity index (χ3v) is 3.80. The maximum absolute atomic E-state index is 5.76. The molecule has 1 aliphatic rings. The molecule has 1 aromatic rings. The van der Waals surface area contributed by atoms with Gasteiger partial charge in [-0.25, -0.2) is 0 Å². The van der Waals surface area contributed by atoms with E-state index in [1.54, 1.807) is 0 Å². The third kappa shape index (κ3) is 3.24. The molecule has 0 nitrogen and oxygen atoms in total. The van der Waals surface area contributed by atoms with Gasteiger partial charge in [0.2, 0.25) is 0 Å².